The molecule has 1 fully saturated rings. The molecule has 1 saturated heterocycles. The van der Waals surface area contributed by atoms with Crippen molar-refractivity contribution in [3.63, 3.8) is 0 Å². The fraction of sp³-hybridized carbons (Fsp3) is 0.296. The Morgan fingerprint density at radius 1 is 0.946 bits per heavy atom. The number of aromatic nitrogens is 2. The van der Waals surface area contributed by atoms with Crippen molar-refractivity contribution in [3.05, 3.63) is 89.5 Å². The van der Waals surface area contributed by atoms with Gasteiger partial charge in [-0.3, -0.25) is 4.68 Å². The minimum atomic E-state index is -4.48. The lowest BCUT2D eigenvalue weighted by Gasteiger charge is -2.18. The predicted octanol–water partition coefficient (Wildman–Crippen LogP) is 5.52. The normalized spacial score (nSPS) is 14.7. The number of benzene rings is 3. The molecule has 0 bridgehead atoms. The average molecular weight is 529 g/mol. The number of halogens is 3. The van der Waals surface area contributed by atoms with Crippen molar-refractivity contribution in [3.8, 4) is 0 Å². The summed E-state index contributed by atoms with van der Waals surface area (Å²) in [7, 11) is -2.28. The summed E-state index contributed by atoms with van der Waals surface area (Å²) in [5, 5.41) is 5.30. The largest absolute Gasteiger partial charge is 0.416 e. The van der Waals surface area contributed by atoms with Crippen molar-refractivity contribution in [1.29, 1.82) is 0 Å². The summed E-state index contributed by atoms with van der Waals surface area (Å²) in [4.78, 5) is 2.19. The van der Waals surface area contributed by atoms with E-state index in [1.54, 1.807) is 18.2 Å². The summed E-state index contributed by atoms with van der Waals surface area (Å²) in [5.41, 5.74) is 0.849. The number of sulfonamides is 1. The van der Waals surface area contributed by atoms with E-state index in [-0.39, 0.29) is 23.5 Å². The quantitative estimate of drug-likeness (QED) is 0.317. The van der Waals surface area contributed by atoms with E-state index in [0.29, 0.717) is 16.7 Å². The lowest BCUT2D eigenvalue weighted by atomic mass is 10.1. The zero-order valence-electron chi connectivity index (χ0n) is 20.3. The predicted molar refractivity (Wildman–Crippen MR) is 137 cm³/mol. The molecule has 0 atom stereocenters. The van der Waals surface area contributed by atoms with Crippen LogP contribution in [0.25, 0.3) is 10.9 Å². The van der Waals surface area contributed by atoms with Crippen LogP contribution in [-0.4, -0.2) is 42.6 Å². The third-order valence-corrected chi connectivity index (χ3v) is 8.51. The Balaban J connectivity index is 1.56. The molecule has 1 aliphatic rings. The van der Waals surface area contributed by atoms with Crippen molar-refractivity contribution < 1.29 is 21.6 Å². The first-order chi connectivity index (χ1) is 17.6. The Hall–Kier alpha value is -3.37. The molecule has 5 rings (SSSR count). The molecule has 6 nitrogen and oxygen atoms in total. The maximum atomic E-state index is 13.6. The molecule has 4 aromatic rings. The van der Waals surface area contributed by atoms with Crippen LogP contribution in [-0.2, 0) is 29.3 Å². The molecule has 0 unspecified atom stereocenters. The number of fused-ring (bicyclic) bond motifs is 1. The maximum absolute atomic E-state index is 13.6. The third kappa shape index (κ3) is 5.08. The van der Waals surface area contributed by atoms with Crippen molar-refractivity contribution in [2.45, 2.75) is 37.0 Å². The number of hydrogen-bond acceptors (Lipinski definition) is 4. The highest BCUT2D eigenvalue weighted by Crippen LogP contribution is 2.35. The zero-order valence-corrected chi connectivity index (χ0v) is 21.1. The Labute approximate surface area is 214 Å². The van der Waals surface area contributed by atoms with Crippen LogP contribution in [0.2, 0.25) is 0 Å². The minimum Gasteiger partial charge on any atom is -0.355 e. The van der Waals surface area contributed by atoms with E-state index in [4.69, 9.17) is 5.10 Å². The van der Waals surface area contributed by atoms with E-state index < -0.39 is 21.8 Å². The standard InChI is InChI=1S/C27H27F3N4O2S/c1-32(18-20-9-3-2-4-10-20)37(35,36)22-13-14-25-23(17-22)26(33-15-7-8-16-33)31-34(25)19-21-11-5-6-12-24(21)27(28,29)30/h2-6,9-14,17H,7-8,15-16,18-19H2,1H3. The second kappa shape index (κ2) is 9.83. The summed E-state index contributed by atoms with van der Waals surface area (Å²) >= 11 is 0. The molecule has 0 amide bonds. The molecule has 1 aromatic heterocycles. The molecule has 0 radical (unpaired) electrons. The van der Waals surface area contributed by atoms with E-state index in [0.717, 1.165) is 37.6 Å². The molecule has 0 aliphatic carbocycles. The highest BCUT2D eigenvalue weighted by molar-refractivity contribution is 7.89. The van der Waals surface area contributed by atoms with Crippen LogP contribution in [0.4, 0.5) is 19.0 Å². The smallest absolute Gasteiger partial charge is 0.355 e. The van der Waals surface area contributed by atoms with E-state index in [1.807, 2.05) is 30.3 Å². The Morgan fingerprint density at radius 2 is 1.62 bits per heavy atom. The van der Waals surface area contributed by atoms with Crippen LogP contribution in [0, 0.1) is 0 Å². The van der Waals surface area contributed by atoms with Gasteiger partial charge in [-0.25, -0.2) is 8.42 Å². The molecule has 1 aliphatic heterocycles. The van der Waals surface area contributed by atoms with Gasteiger partial charge in [0, 0.05) is 32.1 Å². The highest BCUT2D eigenvalue weighted by Gasteiger charge is 2.33. The van der Waals surface area contributed by atoms with Crippen molar-refractivity contribution in [2.75, 3.05) is 25.0 Å². The number of nitrogens with zero attached hydrogens (tertiary/aromatic N) is 4. The first-order valence-corrected chi connectivity index (χ1v) is 13.5. The number of alkyl halides is 3. The number of anilines is 1. The first-order valence-electron chi connectivity index (χ1n) is 12.1. The molecule has 0 spiro atoms. The monoisotopic (exact) mass is 528 g/mol. The molecule has 0 saturated carbocycles. The second-order valence-corrected chi connectivity index (χ2v) is 11.3. The van der Waals surface area contributed by atoms with E-state index in [9.17, 15) is 21.6 Å². The molecular formula is C27H27F3N4O2S. The van der Waals surface area contributed by atoms with Gasteiger partial charge >= 0.3 is 6.18 Å². The van der Waals surface area contributed by atoms with Gasteiger partial charge in [0.2, 0.25) is 10.0 Å². The van der Waals surface area contributed by atoms with E-state index in [1.165, 1.54) is 34.2 Å². The van der Waals surface area contributed by atoms with Crippen LogP contribution in [0.5, 0.6) is 0 Å². The van der Waals surface area contributed by atoms with Gasteiger partial charge in [-0.1, -0.05) is 48.5 Å². The van der Waals surface area contributed by atoms with Crippen LogP contribution in [0.1, 0.15) is 29.5 Å². The molecule has 3 aromatic carbocycles. The van der Waals surface area contributed by atoms with Gasteiger partial charge in [-0.05, 0) is 48.2 Å². The van der Waals surface area contributed by atoms with Crippen molar-refractivity contribution >= 4 is 26.7 Å². The van der Waals surface area contributed by atoms with Crippen molar-refractivity contribution in [1.82, 2.24) is 14.1 Å². The zero-order chi connectivity index (χ0) is 26.2. The maximum Gasteiger partial charge on any atom is 0.416 e. The van der Waals surface area contributed by atoms with Gasteiger partial charge in [0.05, 0.1) is 22.5 Å². The molecule has 37 heavy (non-hydrogen) atoms. The van der Waals surface area contributed by atoms with Crippen LogP contribution < -0.4 is 4.90 Å². The highest BCUT2D eigenvalue weighted by atomic mass is 32.2. The van der Waals surface area contributed by atoms with Crippen molar-refractivity contribution in [2.24, 2.45) is 0 Å². The van der Waals surface area contributed by atoms with Gasteiger partial charge in [0.1, 0.15) is 0 Å². The van der Waals surface area contributed by atoms with Crippen LogP contribution in [0.3, 0.4) is 0 Å². The molecule has 2 heterocycles. The summed E-state index contributed by atoms with van der Waals surface area (Å²) in [5.74, 6) is 0.597. The van der Waals surface area contributed by atoms with E-state index in [2.05, 4.69) is 4.90 Å². The molecule has 194 valence electrons. The summed E-state index contributed by atoms with van der Waals surface area (Å²) in [6, 6.07) is 19.5. The fourth-order valence-electron chi connectivity index (χ4n) is 4.79. The van der Waals surface area contributed by atoms with Crippen LogP contribution in [0.15, 0.2) is 77.7 Å². The second-order valence-electron chi connectivity index (χ2n) is 9.26. The summed E-state index contributed by atoms with van der Waals surface area (Å²) < 4.78 is 70.6. The fourth-order valence-corrected chi connectivity index (χ4v) is 5.97. The number of rotatable bonds is 7. The van der Waals surface area contributed by atoms with Gasteiger partial charge < -0.3 is 4.90 Å². The van der Waals surface area contributed by atoms with Gasteiger partial charge in [0.25, 0.3) is 0 Å². The lowest BCUT2D eigenvalue weighted by molar-refractivity contribution is -0.138. The summed E-state index contributed by atoms with van der Waals surface area (Å²) in [6.07, 6.45) is -2.53. The number of hydrogen-bond donors (Lipinski definition) is 0. The third-order valence-electron chi connectivity index (χ3n) is 6.71. The Morgan fingerprint density at radius 3 is 2.32 bits per heavy atom. The van der Waals surface area contributed by atoms with Crippen LogP contribution >= 0.6 is 0 Å². The van der Waals surface area contributed by atoms with Gasteiger partial charge in [-0.2, -0.15) is 22.6 Å². The molecule has 0 N–H and O–H groups in total. The Kier molecular flexibility index (Phi) is 6.72. The first kappa shape index (κ1) is 25.3. The van der Waals surface area contributed by atoms with Gasteiger partial charge in [-0.15, -0.1) is 0 Å². The topological polar surface area (TPSA) is 58.4 Å². The molecule has 10 heteroatoms. The lowest BCUT2D eigenvalue weighted by Crippen LogP contribution is -2.26. The van der Waals surface area contributed by atoms with Gasteiger partial charge in [0.15, 0.2) is 5.82 Å². The average Bonchev–Trinajstić information content (AvgIpc) is 3.52. The Bertz CT molecular complexity index is 1510. The summed E-state index contributed by atoms with van der Waals surface area (Å²) in [6.45, 7) is 1.65. The molecular weight excluding hydrogens is 501 g/mol. The SMILES string of the molecule is CN(Cc1ccccc1)S(=O)(=O)c1ccc2c(c1)c(N1CCCC1)nn2Cc1ccccc1C(F)(F)F. The van der Waals surface area contributed by atoms with E-state index >= 15 is 0 Å². The minimum absolute atomic E-state index is 0.0833.